The molecule has 0 spiro atoms. The molecule has 1 N–H and O–H groups in total. The third-order valence-electron chi connectivity index (χ3n) is 4.78. The summed E-state index contributed by atoms with van der Waals surface area (Å²) in [6.07, 6.45) is 3.79. The number of hydrogen-bond acceptors (Lipinski definition) is 2. The molecule has 2 rings (SSSR count). The number of aryl methyl sites for hydroxylation is 2. The van der Waals surface area contributed by atoms with Gasteiger partial charge in [-0.1, -0.05) is 39.8 Å². The highest BCUT2D eigenvalue weighted by atomic mass is 16.1. The van der Waals surface area contributed by atoms with Crippen molar-refractivity contribution in [3.05, 3.63) is 40.5 Å². The highest BCUT2D eigenvalue weighted by molar-refractivity contribution is 6.01. The SMILES string of the molecule is CCC(=O)c1cc(C)c(C)cc1C1=CCNC(C(C)(C)C)C1. The number of rotatable bonds is 3. The second kappa shape index (κ2) is 6.37. The maximum atomic E-state index is 12.4. The van der Waals surface area contributed by atoms with Crippen LogP contribution in [0.15, 0.2) is 18.2 Å². The van der Waals surface area contributed by atoms with Gasteiger partial charge in [0.2, 0.25) is 0 Å². The zero-order chi connectivity index (χ0) is 16.5. The summed E-state index contributed by atoms with van der Waals surface area (Å²) in [4.78, 5) is 12.4. The fourth-order valence-electron chi connectivity index (χ4n) is 3.04. The van der Waals surface area contributed by atoms with E-state index in [0.717, 1.165) is 24.1 Å². The normalized spacial score (nSPS) is 19.0. The molecule has 0 saturated heterocycles. The number of carbonyl (C=O) groups is 1. The lowest BCUT2D eigenvalue weighted by Crippen LogP contribution is -2.42. The lowest BCUT2D eigenvalue weighted by molar-refractivity contribution is 0.0988. The Balaban J connectivity index is 2.45. The van der Waals surface area contributed by atoms with E-state index in [2.05, 4.69) is 58.1 Å². The molecule has 2 nitrogen and oxygen atoms in total. The minimum atomic E-state index is 0.216. The summed E-state index contributed by atoms with van der Waals surface area (Å²) in [7, 11) is 0. The first-order valence-corrected chi connectivity index (χ1v) is 8.31. The van der Waals surface area contributed by atoms with Crippen LogP contribution in [-0.4, -0.2) is 18.4 Å². The Hall–Kier alpha value is -1.41. The Kier molecular flexibility index (Phi) is 4.91. The van der Waals surface area contributed by atoms with Crippen molar-refractivity contribution in [2.24, 2.45) is 5.41 Å². The molecule has 0 aromatic heterocycles. The van der Waals surface area contributed by atoms with E-state index in [9.17, 15) is 4.79 Å². The summed E-state index contributed by atoms with van der Waals surface area (Å²) in [5, 5.41) is 3.59. The van der Waals surface area contributed by atoms with Gasteiger partial charge in [0.15, 0.2) is 5.78 Å². The maximum absolute atomic E-state index is 12.4. The van der Waals surface area contributed by atoms with Crippen LogP contribution in [0.4, 0.5) is 0 Å². The molecule has 1 atom stereocenters. The number of benzene rings is 1. The molecule has 0 radical (unpaired) electrons. The number of carbonyl (C=O) groups excluding carboxylic acids is 1. The van der Waals surface area contributed by atoms with E-state index in [1.165, 1.54) is 16.7 Å². The monoisotopic (exact) mass is 299 g/mol. The van der Waals surface area contributed by atoms with Crippen molar-refractivity contribution in [3.8, 4) is 0 Å². The maximum Gasteiger partial charge on any atom is 0.163 e. The number of ketones is 1. The van der Waals surface area contributed by atoms with Gasteiger partial charge in [-0.3, -0.25) is 4.79 Å². The van der Waals surface area contributed by atoms with Crippen molar-refractivity contribution in [1.82, 2.24) is 5.32 Å². The summed E-state index contributed by atoms with van der Waals surface area (Å²) < 4.78 is 0. The Morgan fingerprint density at radius 3 is 2.45 bits per heavy atom. The van der Waals surface area contributed by atoms with Crippen LogP contribution in [-0.2, 0) is 0 Å². The predicted molar refractivity (Wildman–Crippen MR) is 94.4 cm³/mol. The third kappa shape index (κ3) is 3.49. The fourth-order valence-corrected chi connectivity index (χ4v) is 3.04. The average molecular weight is 299 g/mol. The van der Waals surface area contributed by atoms with Gasteiger partial charge in [0.25, 0.3) is 0 Å². The average Bonchev–Trinajstić information content (AvgIpc) is 2.48. The molecule has 22 heavy (non-hydrogen) atoms. The molecule has 1 aliphatic rings. The second-order valence-electron chi connectivity index (χ2n) is 7.52. The molecule has 2 heteroatoms. The molecular weight excluding hydrogens is 270 g/mol. The van der Waals surface area contributed by atoms with Crippen molar-refractivity contribution in [2.45, 2.75) is 60.4 Å². The summed E-state index contributed by atoms with van der Waals surface area (Å²) in [5.41, 5.74) is 6.03. The van der Waals surface area contributed by atoms with Gasteiger partial charge in [-0.05, 0) is 54.0 Å². The van der Waals surface area contributed by atoms with Crippen LogP contribution in [0.2, 0.25) is 0 Å². The van der Waals surface area contributed by atoms with E-state index in [1.807, 2.05) is 6.92 Å². The van der Waals surface area contributed by atoms with Crippen molar-refractivity contribution in [2.75, 3.05) is 6.54 Å². The van der Waals surface area contributed by atoms with Gasteiger partial charge in [-0.25, -0.2) is 0 Å². The smallest absolute Gasteiger partial charge is 0.163 e. The van der Waals surface area contributed by atoms with Crippen LogP contribution >= 0.6 is 0 Å². The highest BCUT2D eigenvalue weighted by Crippen LogP contribution is 2.34. The Labute approximate surface area is 135 Å². The number of nitrogens with one attached hydrogen (secondary N) is 1. The van der Waals surface area contributed by atoms with E-state index in [1.54, 1.807) is 0 Å². The van der Waals surface area contributed by atoms with Gasteiger partial charge in [0.1, 0.15) is 0 Å². The molecule has 0 bridgehead atoms. The summed E-state index contributed by atoms with van der Waals surface area (Å²) in [6.45, 7) is 13.8. The second-order valence-corrected chi connectivity index (χ2v) is 7.52. The lowest BCUT2D eigenvalue weighted by atomic mass is 9.79. The molecule has 1 aromatic carbocycles. The largest absolute Gasteiger partial charge is 0.310 e. The van der Waals surface area contributed by atoms with Crippen molar-refractivity contribution in [1.29, 1.82) is 0 Å². The Bertz CT molecular complexity index is 605. The molecule has 120 valence electrons. The van der Waals surface area contributed by atoms with Crippen molar-refractivity contribution in [3.63, 3.8) is 0 Å². The minimum Gasteiger partial charge on any atom is -0.310 e. The van der Waals surface area contributed by atoms with Gasteiger partial charge in [-0.15, -0.1) is 0 Å². The van der Waals surface area contributed by atoms with Gasteiger partial charge < -0.3 is 5.32 Å². The third-order valence-corrected chi connectivity index (χ3v) is 4.78. The van der Waals surface area contributed by atoms with Crippen LogP contribution in [0, 0.1) is 19.3 Å². The van der Waals surface area contributed by atoms with E-state index in [4.69, 9.17) is 0 Å². The molecule has 1 unspecified atom stereocenters. The molecule has 1 heterocycles. The highest BCUT2D eigenvalue weighted by Gasteiger charge is 2.28. The van der Waals surface area contributed by atoms with Crippen LogP contribution in [0.1, 0.15) is 67.6 Å². The topological polar surface area (TPSA) is 29.1 Å². The van der Waals surface area contributed by atoms with Crippen molar-refractivity contribution < 1.29 is 4.79 Å². The number of hydrogen-bond donors (Lipinski definition) is 1. The fraction of sp³-hybridized carbons (Fsp3) is 0.550. The first kappa shape index (κ1) is 17.0. The Morgan fingerprint density at radius 2 is 1.86 bits per heavy atom. The molecule has 0 saturated carbocycles. The predicted octanol–water partition coefficient (Wildman–Crippen LogP) is 4.69. The van der Waals surface area contributed by atoms with Crippen LogP contribution < -0.4 is 5.32 Å². The molecule has 0 aliphatic carbocycles. The molecule has 0 amide bonds. The van der Waals surface area contributed by atoms with Crippen LogP contribution in [0.3, 0.4) is 0 Å². The summed E-state index contributed by atoms with van der Waals surface area (Å²) in [6, 6.07) is 4.72. The molecule has 0 fully saturated rings. The zero-order valence-corrected chi connectivity index (χ0v) is 14.8. The zero-order valence-electron chi connectivity index (χ0n) is 14.8. The van der Waals surface area contributed by atoms with E-state index in [-0.39, 0.29) is 11.2 Å². The van der Waals surface area contributed by atoms with E-state index < -0.39 is 0 Å². The van der Waals surface area contributed by atoms with Gasteiger partial charge in [0, 0.05) is 24.6 Å². The first-order valence-electron chi connectivity index (χ1n) is 8.31. The van der Waals surface area contributed by atoms with E-state index >= 15 is 0 Å². The van der Waals surface area contributed by atoms with E-state index in [0.29, 0.717) is 12.5 Å². The van der Waals surface area contributed by atoms with Crippen LogP contribution in [0.5, 0.6) is 0 Å². The first-order chi connectivity index (χ1) is 10.2. The quantitative estimate of drug-likeness (QED) is 0.821. The Morgan fingerprint density at radius 1 is 1.23 bits per heavy atom. The van der Waals surface area contributed by atoms with Crippen molar-refractivity contribution >= 4 is 11.4 Å². The number of Topliss-reactive ketones (excluding diaryl/α,β-unsaturated/α-hetero) is 1. The van der Waals surface area contributed by atoms with Gasteiger partial charge in [0.05, 0.1) is 0 Å². The summed E-state index contributed by atoms with van der Waals surface area (Å²) in [5.74, 6) is 0.241. The van der Waals surface area contributed by atoms with Crippen LogP contribution in [0.25, 0.3) is 5.57 Å². The van der Waals surface area contributed by atoms with Gasteiger partial charge in [-0.2, -0.15) is 0 Å². The van der Waals surface area contributed by atoms with Gasteiger partial charge >= 0.3 is 0 Å². The standard InChI is InChI=1S/C20H29NO/c1-7-18(22)17-11-14(3)13(2)10-16(17)15-8-9-21-19(12-15)20(4,5)6/h8,10-11,19,21H,7,9,12H2,1-6H3. The summed E-state index contributed by atoms with van der Waals surface area (Å²) >= 11 is 0. The molecular formula is C20H29NO. The molecule has 1 aromatic rings. The lowest BCUT2D eigenvalue weighted by Gasteiger charge is -2.35. The molecule has 1 aliphatic heterocycles. The minimum absolute atomic E-state index is 0.216.